The number of carbonyl (C=O) groups is 1. The van der Waals surface area contributed by atoms with Gasteiger partial charge in [0.05, 0.1) is 17.9 Å². The molecule has 6 heteroatoms. The molecule has 1 N–H and O–H groups in total. The SMILES string of the molecule is CNc1cc(C)ncc1C(=O)N(CCCOC)CCOC. The zero-order valence-electron chi connectivity index (χ0n) is 13.3. The summed E-state index contributed by atoms with van der Waals surface area (Å²) < 4.78 is 10.1. The lowest BCUT2D eigenvalue weighted by molar-refractivity contribution is 0.0674. The van der Waals surface area contributed by atoms with Crippen molar-refractivity contribution >= 4 is 11.6 Å². The minimum Gasteiger partial charge on any atom is -0.387 e. The highest BCUT2D eigenvalue weighted by Gasteiger charge is 2.18. The average Bonchev–Trinajstić information content (AvgIpc) is 2.50. The minimum absolute atomic E-state index is 0.0417. The van der Waals surface area contributed by atoms with E-state index in [0.717, 1.165) is 17.8 Å². The van der Waals surface area contributed by atoms with Crippen molar-refractivity contribution in [1.82, 2.24) is 9.88 Å². The standard InChI is InChI=1S/C15H25N3O3/c1-12-10-14(16-2)13(11-17-12)15(19)18(7-9-21-4)6-5-8-20-3/h10-11H,5-9H2,1-4H3,(H,16,17). The molecule has 0 aliphatic heterocycles. The molecule has 118 valence electrons. The molecule has 0 spiro atoms. The molecule has 0 aliphatic rings. The van der Waals surface area contributed by atoms with Crippen molar-refractivity contribution in [1.29, 1.82) is 0 Å². The molecule has 1 rings (SSSR count). The van der Waals surface area contributed by atoms with Crippen molar-refractivity contribution in [3.63, 3.8) is 0 Å². The number of hydrogen-bond acceptors (Lipinski definition) is 5. The van der Waals surface area contributed by atoms with E-state index >= 15 is 0 Å². The van der Waals surface area contributed by atoms with Crippen molar-refractivity contribution in [2.45, 2.75) is 13.3 Å². The van der Waals surface area contributed by atoms with E-state index in [1.165, 1.54) is 0 Å². The second-order valence-electron chi connectivity index (χ2n) is 4.75. The summed E-state index contributed by atoms with van der Waals surface area (Å²) in [6, 6.07) is 1.87. The lowest BCUT2D eigenvalue weighted by Gasteiger charge is -2.23. The first-order chi connectivity index (χ1) is 10.1. The van der Waals surface area contributed by atoms with Gasteiger partial charge in [0.25, 0.3) is 5.91 Å². The van der Waals surface area contributed by atoms with Crippen LogP contribution >= 0.6 is 0 Å². The van der Waals surface area contributed by atoms with E-state index in [1.807, 2.05) is 13.0 Å². The number of hydrogen-bond donors (Lipinski definition) is 1. The van der Waals surface area contributed by atoms with Gasteiger partial charge in [-0.1, -0.05) is 0 Å². The molecule has 0 aromatic carbocycles. The molecule has 0 atom stereocenters. The fourth-order valence-corrected chi connectivity index (χ4v) is 2.02. The van der Waals surface area contributed by atoms with Crippen LogP contribution in [0.4, 0.5) is 5.69 Å². The fourth-order valence-electron chi connectivity index (χ4n) is 2.02. The highest BCUT2D eigenvalue weighted by molar-refractivity contribution is 5.99. The summed E-state index contributed by atoms with van der Waals surface area (Å²) >= 11 is 0. The van der Waals surface area contributed by atoms with Gasteiger partial charge in [-0.25, -0.2) is 0 Å². The van der Waals surface area contributed by atoms with Gasteiger partial charge in [0, 0.05) is 52.9 Å². The number of ether oxygens (including phenoxy) is 2. The number of pyridine rings is 1. The first kappa shape index (κ1) is 17.4. The molecule has 21 heavy (non-hydrogen) atoms. The number of carbonyl (C=O) groups excluding carboxylic acids is 1. The third kappa shape index (κ3) is 5.32. The summed E-state index contributed by atoms with van der Waals surface area (Å²) in [7, 11) is 5.09. The van der Waals surface area contributed by atoms with E-state index in [1.54, 1.807) is 32.4 Å². The van der Waals surface area contributed by atoms with Crippen molar-refractivity contribution in [2.24, 2.45) is 0 Å². The summed E-state index contributed by atoms with van der Waals surface area (Å²) in [5.41, 5.74) is 2.25. The maximum absolute atomic E-state index is 12.7. The molecule has 6 nitrogen and oxygen atoms in total. The van der Waals surface area contributed by atoms with Crippen LogP contribution in [0.25, 0.3) is 0 Å². The second-order valence-corrected chi connectivity index (χ2v) is 4.75. The molecule has 0 bridgehead atoms. The number of nitrogens with one attached hydrogen (secondary N) is 1. The van der Waals surface area contributed by atoms with Gasteiger partial charge in [-0.3, -0.25) is 9.78 Å². The van der Waals surface area contributed by atoms with Gasteiger partial charge < -0.3 is 19.7 Å². The largest absolute Gasteiger partial charge is 0.387 e. The molecule has 1 amide bonds. The third-order valence-corrected chi connectivity index (χ3v) is 3.17. The van der Waals surface area contributed by atoms with Crippen LogP contribution in [0.5, 0.6) is 0 Å². The lowest BCUT2D eigenvalue weighted by atomic mass is 10.1. The highest BCUT2D eigenvalue weighted by atomic mass is 16.5. The van der Waals surface area contributed by atoms with Crippen LogP contribution < -0.4 is 5.32 Å². The van der Waals surface area contributed by atoms with Gasteiger partial charge >= 0.3 is 0 Å². The van der Waals surface area contributed by atoms with E-state index in [4.69, 9.17) is 9.47 Å². The number of nitrogens with zero attached hydrogens (tertiary/aromatic N) is 2. The summed E-state index contributed by atoms with van der Waals surface area (Å²) in [5, 5.41) is 3.05. The van der Waals surface area contributed by atoms with E-state index < -0.39 is 0 Å². The first-order valence-electron chi connectivity index (χ1n) is 7.05. The minimum atomic E-state index is -0.0417. The third-order valence-electron chi connectivity index (χ3n) is 3.17. The van der Waals surface area contributed by atoms with Crippen molar-refractivity contribution < 1.29 is 14.3 Å². The van der Waals surface area contributed by atoms with Crippen LogP contribution in [0.3, 0.4) is 0 Å². The van der Waals surface area contributed by atoms with Gasteiger partial charge in [0.15, 0.2) is 0 Å². The van der Waals surface area contributed by atoms with Gasteiger partial charge in [-0.05, 0) is 19.4 Å². The maximum atomic E-state index is 12.7. The first-order valence-corrected chi connectivity index (χ1v) is 7.05. The number of methoxy groups -OCH3 is 2. The van der Waals surface area contributed by atoms with E-state index in [-0.39, 0.29) is 5.91 Å². The number of amides is 1. The normalized spacial score (nSPS) is 10.5. The molecule has 0 saturated heterocycles. The Labute approximate surface area is 126 Å². The van der Waals surface area contributed by atoms with Gasteiger partial charge in [-0.15, -0.1) is 0 Å². The smallest absolute Gasteiger partial charge is 0.257 e. The summed E-state index contributed by atoms with van der Waals surface area (Å²) in [5.74, 6) is -0.0417. The number of anilines is 1. The Kier molecular flexibility index (Phi) is 7.71. The van der Waals surface area contributed by atoms with Crippen LogP contribution in [-0.4, -0.2) is 63.4 Å². The van der Waals surface area contributed by atoms with Crippen LogP contribution in [0, 0.1) is 6.92 Å². The van der Waals surface area contributed by atoms with Gasteiger partial charge in [-0.2, -0.15) is 0 Å². The fraction of sp³-hybridized carbons (Fsp3) is 0.600. The highest BCUT2D eigenvalue weighted by Crippen LogP contribution is 2.17. The zero-order chi connectivity index (χ0) is 15.7. The maximum Gasteiger partial charge on any atom is 0.257 e. The Morgan fingerprint density at radius 3 is 2.62 bits per heavy atom. The summed E-state index contributed by atoms with van der Waals surface area (Å²) in [6.07, 6.45) is 2.42. The summed E-state index contributed by atoms with van der Waals surface area (Å²) in [4.78, 5) is 18.7. The Morgan fingerprint density at radius 1 is 1.29 bits per heavy atom. The van der Waals surface area contributed by atoms with Crippen LogP contribution in [0.15, 0.2) is 12.3 Å². The number of rotatable bonds is 9. The van der Waals surface area contributed by atoms with Gasteiger partial charge in [0.1, 0.15) is 0 Å². The predicted molar refractivity (Wildman–Crippen MR) is 82.8 cm³/mol. The lowest BCUT2D eigenvalue weighted by Crippen LogP contribution is -2.35. The van der Waals surface area contributed by atoms with Crippen LogP contribution in [0.2, 0.25) is 0 Å². The van der Waals surface area contributed by atoms with Crippen LogP contribution in [0.1, 0.15) is 22.5 Å². The molecule has 1 aromatic heterocycles. The molecule has 0 saturated carbocycles. The molecule has 1 aromatic rings. The molecular weight excluding hydrogens is 270 g/mol. The van der Waals surface area contributed by atoms with E-state index in [0.29, 0.717) is 31.9 Å². The van der Waals surface area contributed by atoms with E-state index in [2.05, 4.69) is 10.3 Å². The molecular formula is C15H25N3O3. The van der Waals surface area contributed by atoms with Crippen molar-refractivity contribution in [2.75, 3.05) is 52.9 Å². The molecule has 1 heterocycles. The quantitative estimate of drug-likeness (QED) is 0.700. The van der Waals surface area contributed by atoms with Gasteiger partial charge in [0.2, 0.25) is 0 Å². The Hall–Kier alpha value is -1.66. The van der Waals surface area contributed by atoms with E-state index in [9.17, 15) is 4.79 Å². The average molecular weight is 295 g/mol. The van der Waals surface area contributed by atoms with Crippen LogP contribution in [-0.2, 0) is 9.47 Å². The monoisotopic (exact) mass is 295 g/mol. The number of aryl methyl sites for hydroxylation is 1. The number of aromatic nitrogens is 1. The van der Waals surface area contributed by atoms with Crippen molar-refractivity contribution in [3.05, 3.63) is 23.5 Å². The summed E-state index contributed by atoms with van der Waals surface area (Å²) in [6.45, 7) is 4.22. The molecule has 0 unspecified atom stereocenters. The Morgan fingerprint density at radius 2 is 2.00 bits per heavy atom. The zero-order valence-corrected chi connectivity index (χ0v) is 13.3. The molecule has 0 aliphatic carbocycles. The predicted octanol–water partition coefficient (Wildman–Crippen LogP) is 1.56. The Balaban J connectivity index is 2.87. The molecule has 0 fully saturated rings. The topological polar surface area (TPSA) is 63.7 Å². The van der Waals surface area contributed by atoms with Crippen molar-refractivity contribution in [3.8, 4) is 0 Å². The Bertz CT molecular complexity index is 452. The molecule has 0 radical (unpaired) electrons. The second kappa shape index (κ2) is 9.31.